The quantitative estimate of drug-likeness (QED) is 0.118. The van der Waals surface area contributed by atoms with E-state index in [-0.39, 0.29) is 5.82 Å². The number of benzene rings is 3. The largest absolute Gasteiger partial charge is 0.416 e. The Hall–Kier alpha value is -3.75. The van der Waals surface area contributed by atoms with Gasteiger partial charge in [0.1, 0.15) is 5.82 Å². The van der Waals surface area contributed by atoms with Crippen LogP contribution in [0, 0.1) is 5.82 Å². The average molecular weight is 664 g/mol. The first kappa shape index (κ1) is 36.1. The van der Waals surface area contributed by atoms with Crippen molar-refractivity contribution in [3.8, 4) is 11.1 Å². The molecular weight excluding hydrogens is 619 g/mol. The van der Waals surface area contributed by atoms with Crippen molar-refractivity contribution >= 4 is 11.8 Å². The summed E-state index contributed by atoms with van der Waals surface area (Å²) in [4.78, 5) is 6.94. The number of piperidine rings is 1. The Morgan fingerprint density at radius 1 is 0.830 bits per heavy atom. The Labute approximate surface area is 282 Å². The molecule has 250 valence electrons. The van der Waals surface area contributed by atoms with Crippen LogP contribution in [0.5, 0.6) is 0 Å². The summed E-state index contributed by atoms with van der Waals surface area (Å²) in [7, 11) is 0. The van der Waals surface area contributed by atoms with Crippen LogP contribution in [0.15, 0.2) is 121 Å². The summed E-state index contributed by atoms with van der Waals surface area (Å²) in [5, 5.41) is 0.855. The molecule has 0 N–H and O–H groups in total. The van der Waals surface area contributed by atoms with Gasteiger partial charge in [0, 0.05) is 37.3 Å². The van der Waals surface area contributed by atoms with E-state index >= 15 is 0 Å². The van der Waals surface area contributed by atoms with Gasteiger partial charge >= 0.3 is 6.18 Å². The van der Waals surface area contributed by atoms with Crippen molar-refractivity contribution in [3.05, 3.63) is 143 Å². The van der Waals surface area contributed by atoms with E-state index in [1.54, 1.807) is 23.9 Å². The molecule has 1 heterocycles. The van der Waals surface area contributed by atoms with Crippen molar-refractivity contribution in [2.45, 2.75) is 51.6 Å². The molecule has 0 aliphatic carbocycles. The van der Waals surface area contributed by atoms with Crippen LogP contribution in [0.3, 0.4) is 0 Å². The van der Waals surface area contributed by atoms with E-state index in [2.05, 4.69) is 40.6 Å². The second-order valence-electron chi connectivity index (χ2n) is 12.2. The van der Waals surface area contributed by atoms with Gasteiger partial charge in [-0.25, -0.2) is 4.39 Å². The van der Waals surface area contributed by atoms with E-state index in [1.165, 1.54) is 43.5 Å². The number of halogens is 4. The first-order valence-electron chi connectivity index (χ1n) is 16.0. The predicted octanol–water partition coefficient (Wildman–Crippen LogP) is 10.5. The van der Waals surface area contributed by atoms with Gasteiger partial charge in [-0.15, -0.1) is 11.8 Å². The van der Waals surface area contributed by atoms with Gasteiger partial charge in [0.2, 0.25) is 0 Å². The molecule has 0 spiro atoms. The standard InChI is InChI=1S/C39H45F4N3S/c1-29(2)30(3)25-46(32(5)47-28-34-11-19-38(40)20-12-34)26-31(4)45(24-23-44-21-7-6-8-22-44)27-33-9-13-35(14-10-33)36-15-17-37(18-16-36)39(41,42)43/h9-20,25H,1,4-8,21-24,26-28H2,2-3H3/b30-25-. The van der Waals surface area contributed by atoms with Crippen molar-refractivity contribution < 1.29 is 17.6 Å². The van der Waals surface area contributed by atoms with E-state index in [1.807, 2.05) is 38.1 Å². The molecule has 0 saturated carbocycles. The number of nitrogens with zero attached hydrogens (tertiary/aromatic N) is 3. The van der Waals surface area contributed by atoms with Crippen LogP contribution in [0.1, 0.15) is 49.8 Å². The number of alkyl halides is 3. The molecule has 1 saturated heterocycles. The van der Waals surface area contributed by atoms with Gasteiger partial charge in [-0.1, -0.05) is 80.3 Å². The second kappa shape index (κ2) is 16.9. The van der Waals surface area contributed by atoms with Crippen molar-refractivity contribution in [2.24, 2.45) is 0 Å². The highest BCUT2D eigenvalue weighted by atomic mass is 32.2. The summed E-state index contributed by atoms with van der Waals surface area (Å²) in [5.41, 5.74) is 6.00. The normalized spacial score (nSPS) is 14.1. The molecule has 47 heavy (non-hydrogen) atoms. The molecule has 0 unspecified atom stereocenters. The average Bonchev–Trinajstić information content (AvgIpc) is 3.06. The topological polar surface area (TPSA) is 9.72 Å². The summed E-state index contributed by atoms with van der Waals surface area (Å²) in [6.45, 7) is 22.2. The highest BCUT2D eigenvalue weighted by Crippen LogP contribution is 2.31. The lowest BCUT2D eigenvalue weighted by Gasteiger charge is -2.34. The zero-order chi connectivity index (χ0) is 34.0. The van der Waals surface area contributed by atoms with Crippen LogP contribution >= 0.6 is 11.8 Å². The minimum Gasteiger partial charge on any atom is -0.368 e. The van der Waals surface area contributed by atoms with Crippen molar-refractivity contribution in [2.75, 3.05) is 32.7 Å². The van der Waals surface area contributed by atoms with Crippen LogP contribution in [0.2, 0.25) is 0 Å². The number of hydrogen-bond acceptors (Lipinski definition) is 4. The van der Waals surface area contributed by atoms with Crippen LogP contribution in [0.4, 0.5) is 17.6 Å². The fourth-order valence-corrected chi connectivity index (χ4v) is 6.15. The Bertz CT molecular complexity index is 1520. The van der Waals surface area contributed by atoms with E-state index in [4.69, 9.17) is 0 Å². The maximum Gasteiger partial charge on any atom is 0.416 e. The Kier molecular flexibility index (Phi) is 13.0. The smallest absolute Gasteiger partial charge is 0.368 e. The van der Waals surface area contributed by atoms with E-state index in [9.17, 15) is 17.6 Å². The molecule has 4 rings (SSSR count). The van der Waals surface area contributed by atoms with Crippen LogP contribution in [-0.4, -0.2) is 47.4 Å². The van der Waals surface area contributed by atoms with Gasteiger partial charge in [0.25, 0.3) is 0 Å². The van der Waals surface area contributed by atoms with Crippen molar-refractivity contribution in [1.82, 2.24) is 14.7 Å². The van der Waals surface area contributed by atoms with Crippen LogP contribution in [-0.2, 0) is 18.5 Å². The third-order valence-corrected chi connectivity index (χ3v) is 9.51. The summed E-state index contributed by atoms with van der Waals surface area (Å²) >= 11 is 1.60. The highest BCUT2D eigenvalue weighted by Gasteiger charge is 2.30. The lowest BCUT2D eigenvalue weighted by molar-refractivity contribution is -0.137. The second-order valence-corrected chi connectivity index (χ2v) is 13.2. The summed E-state index contributed by atoms with van der Waals surface area (Å²) in [6, 6.07) is 19.8. The Morgan fingerprint density at radius 3 is 1.98 bits per heavy atom. The zero-order valence-electron chi connectivity index (χ0n) is 27.5. The Morgan fingerprint density at radius 2 is 1.40 bits per heavy atom. The molecule has 0 aromatic heterocycles. The molecule has 1 fully saturated rings. The number of likely N-dealkylation sites (tertiary alicyclic amines) is 1. The molecule has 8 heteroatoms. The van der Waals surface area contributed by atoms with Gasteiger partial charge in [0.05, 0.1) is 17.1 Å². The van der Waals surface area contributed by atoms with E-state index < -0.39 is 11.7 Å². The molecule has 3 aromatic carbocycles. The SMILES string of the molecule is C=C(C)/C(C)=C\N(CC(=C)N(CCN1CCCCC1)Cc1ccc(-c2ccc(C(F)(F)F)cc2)cc1)C(=C)SCc1ccc(F)cc1. The molecule has 3 nitrogen and oxygen atoms in total. The molecule has 0 bridgehead atoms. The van der Waals surface area contributed by atoms with E-state index in [0.29, 0.717) is 18.8 Å². The molecule has 1 aliphatic rings. The molecule has 0 atom stereocenters. The molecule has 0 amide bonds. The number of rotatable bonds is 15. The van der Waals surface area contributed by atoms with Gasteiger partial charge < -0.3 is 14.7 Å². The van der Waals surface area contributed by atoms with Crippen molar-refractivity contribution in [3.63, 3.8) is 0 Å². The van der Waals surface area contributed by atoms with Gasteiger partial charge in [-0.3, -0.25) is 0 Å². The maximum atomic E-state index is 13.4. The third-order valence-electron chi connectivity index (χ3n) is 8.47. The van der Waals surface area contributed by atoms with Crippen molar-refractivity contribution in [1.29, 1.82) is 0 Å². The maximum absolute atomic E-state index is 13.4. The first-order valence-corrected chi connectivity index (χ1v) is 17.0. The summed E-state index contributed by atoms with van der Waals surface area (Å²) < 4.78 is 52.6. The molecule has 0 radical (unpaired) electrons. The van der Waals surface area contributed by atoms with E-state index in [0.717, 1.165) is 82.4 Å². The molecular formula is C39H45F4N3S. The fraction of sp³-hybridized carbons (Fsp3) is 0.333. The molecule has 1 aliphatic heterocycles. The van der Waals surface area contributed by atoms with Gasteiger partial charge in [-0.05, 0) is 91.9 Å². The third kappa shape index (κ3) is 11.2. The highest BCUT2D eigenvalue weighted by molar-refractivity contribution is 8.02. The van der Waals surface area contributed by atoms with Gasteiger partial charge in [0.15, 0.2) is 0 Å². The lowest BCUT2D eigenvalue weighted by Crippen LogP contribution is -2.38. The minimum absolute atomic E-state index is 0.255. The molecule has 3 aromatic rings. The summed E-state index contributed by atoms with van der Waals surface area (Å²) in [5.74, 6) is 0.404. The minimum atomic E-state index is -4.36. The predicted molar refractivity (Wildman–Crippen MR) is 189 cm³/mol. The number of hydrogen-bond donors (Lipinski definition) is 0. The summed E-state index contributed by atoms with van der Waals surface area (Å²) in [6.07, 6.45) is 1.42. The number of thioether (sulfide) groups is 1. The van der Waals surface area contributed by atoms with Crippen LogP contribution in [0.25, 0.3) is 11.1 Å². The lowest BCUT2D eigenvalue weighted by atomic mass is 10.0. The first-order chi connectivity index (χ1) is 22.4. The fourth-order valence-electron chi connectivity index (χ4n) is 5.35. The monoisotopic (exact) mass is 663 g/mol. The zero-order valence-corrected chi connectivity index (χ0v) is 28.3. The Balaban J connectivity index is 1.50. The van der Waals surface area contributed by atoms with Gasteiger partial charge in [-0.2, -0.15) is 13.2 Å². The number of allylic oxidation sites excluding steroid dienone is 2. The van der Waals surface area contributed by atoms with Crippen LogP contribution < -0.4 is 0 Å².